The second-order valence-electron chi connectivity index (χ2n) is 5.60. The van der Waals surface area contributed by atoms with Gasteiger partial charge in [-0.25, -0.2) is 0 Å². The highest BCUT2D eigenvalue weighted by molar-refractivity contribution is 5.35. The largest absolute Gasteiger partial charge is 0.491 e. The van der Waals surface area contributed by atoms with Crippen LogP contribution in [-0.2, 0) is 0 Å². The highest BCUT2D eigenvalue weighted by Crippen LogP contribution is 2.19. The smallest absolute Gasteiger partial charge is 0.122 e. The number of piperidine rings is 1. The maximum Gasteiger partial charge on any atom is 0.122 e. The van der Waals surface area contributed by atoms with Crippen molar-refractivity contribution in [1.29, 1.82) is 0 Å². The quantitative estimate of drug-likeness (QED) is 0.886. The number of aliphatic hydroxyl groups excluding tert-OH is 1. The molecule has 2 rings (SSSR count). The van der Waals surface area contributed by atoms with Crippen molar-refractivity contribution in [3.05, 3.63) is 29.3 Å². The van der Waals surface area contributed by atoms with Crippen molar-refractivity contribution in [2.24, 2.45) is 0 Å². The number of hydrogen-bond acceptors (Lipinski definition) is 3. The van der Waals surface area contributed by atoms with E-state index >= 15 is 0 Å². The van der Waals surface area contributed by atoms with Crippen LogP contribution in [0.1, 0.15) is 30.4 Å². The molecular weight excluding hydrogens is 238 g/mol. The normalized spacial score (nSPS) is 18.3. The number of β-amino-alcohol motifs (C(OH)–C–C–N with tert-alkyl or cyclic N) is 1. The Morgan fingerprint density at radius 1 is 1.21 bits per heavy atom. The number of aryl methyl sites for hydroxylation is 2. The lowest BCUT2D eigenvalue weighted by molar-refractivity contribution is 0.0615. The van der Waals surface area contributed by atoms with Gasteiger partial charge >= 0.3 is 0 Å². The number of benzene rings is 1. The molecule has 106 valence electrons. The predicted molar refractivity (Wildman–Crippen MR) is 77.7 cm³/mol. The van der Waals surface area contributed by atoms with Crippen LogP contribution in [0.25, 0.3) is 0 Å². The van der Waals surface area contributed by atoms with Gasteiger partial charge in [0.25, 0.3) is 0 Å². The van der Waals surface area contributed by atoms with Gasteiger partial charge in [-0.1, -0.05) is 18.6 Å². The summed E-state index contributed by atoms with van der Waals surface area (Å²) >= 11 is 0. The topological polar surface area (TPSA) is 32.7 Å². The number of aliphatic hydroxyl groups is 1. The van der Waals surface area contributed by atoms with E-state index in [1.165, 1.54) is 24.8 Å². The summed E-state index contributed by atoms with van der Waals surface area (Å²) < 4.78 is 5.74. The third-order valence-electron chi connectivity index (χ3n) is 3.69. The molecule has 0 unspecified atom stereocenters. The minimum atomic E-state index is -0.405. The second kappa shape index (κ2) is 6.92. The molecular formula is C16H25NO2. The molecule has 0 radical (unpaired) electrons. The maximum absolute atomic E-state index is 10.1. The summed E-state index contributed by atoms with van der Waals surface area (Å²) in [5.41, 5.74) is 2.31. The van der Waals surface area contributed by atoms with Crippen LogP contribution < -0.4 is 4.74 Å². The fraction of sp³-hybridized carbons (Fsp3) is 0.625. The first-order chi connectivity index (χ1) is 9.15. The van der Waals surface area contributed by atoms with Crippen molar-refractivity contribution in [2.75, 3.05) is 26.2 Å². The molecule has 1 saturated heterocycles. The summed E-state index contributed by atoms with van der Waals surface area (Å²) in [6.45, 7) is 7.41. The summed E-state index contributed by atoms with van der Waals surface area (Å²) in [4.78, 5) is 2.33. The van der Waals surface area contributed by atoms with Gasteiger partial charge in [0, 0.05) is 6.54 Å². The zero-order chi connectivity index (χ0) is 13.7. The van der Waals surface area contributed by atoms with Crippen LogP contribution in [0.2, 0.25) is 0 Å². The monoisotopic (exact) mass is 263 g/mol. The Kier molecular flexibility index (Phi) is 5.23. The SMILES string of the molecule is Cc1ccc(C)c(OC[C@@H](O)CN2CCCCC2)c1. The highest BCUT2D eigenvalue weighted by atomic mass is 16.5. The fourth-order valence-corrected chi connectivity index (χ4v) is 2.54. The molecule has 0 saturated carbocycles. The Balaban J connectivity index is 1.79. The average Bonchev–Trinajstić information content (AvgIpc) is 2.41. The van der Waals surface area contributed by atoms with Gasteiger partial charge in [0.1, 0.15) is 18.5 Å². The Hall–Kier alpha value is -1.06. The fourth-order valence-electron chi connectivity index (χ4n) is 2.54. The molecule has 1 N–H and O–H groups in total. The summed E-state index contributed by atoms with van der Waals surface area (Å²) in [5, 5.41) is 10.1. The van der Waals surface area contributed by atoms with Gasteiger partial charge in [0.2, 0.25) is 0 Å². The molecule has 3 heteroatoms. The number of ether oxygens (including phenoxy) is 1. The first-order valence-electron chi connectivity index (χ1n) is 7.25. The molecule has 3 nitrogen and oxygen atoms in total. The molecule has 1 heterocycles. The molecule has 0 bridgehead atoms. The third kappa shape index (κ3) is 4.51. The lowest BCUT2D eigenvalue weighted by atomic mass is 10.1. The molecule has 0 amide bonds. The van der Waals surface area contributed by atoms with Crippen LogP contribution in [0, 0.1) is 13.8 Å². The van der Waals surface area contributed by atoms with E-state index in [4.69, 9.17) is 4.74 Å². The van der Waals surface area contributed by atoms with Crippen LogP contribution in [0.3, 0.4) is 0 Å². The number of nitrogens with zero attached hydrogens (tertiary/aromatic N) is 1. The van der Waals surface area contributed by atoms with Gasteiger partial charge in [-0.15, -0.1) is 0 Å². The number of likely N-dealkylation sites (tertiary alicyclic amines) is 1. The molecule has 1 fully saturated rings. The van der Waals surface area contributed by atoms with Gasteiger partial charge in [0.05, 0.1) is 0 Å². The Morgan fingerprint density at radius 3 is 2.68 bits per heavy atom. The summed E-state index contributed by atoms with van der Waals surface area (Å²) in [6.07, 6.45) is 3.43. The molecule has 0 aromatic heterocycles. The summed E-state index contributed by atoms with van der Waals surface area (Å²) in [5.74, 6) is 0.887. The zero-order valence-electron chi connectivity index (χ0n) is 12.1. The molecule has 0 aliphatic carbocycles. The highest BCUT2D eigenvalue weighted by Gasteiger charge is 2.15. The minimum Gasteiger partial charge on any atom is -0.491 e. The molecule has 1 aromatic rings. The molecule has 19 heavy (non-hydrogen) atoms. The lowest BCUT2D eigenvalue weighted by Crippen LogP contribution is -2.38. The van der Waals surface area contributed by atoms with Crippen molar-refractivity contribution in [2.45, 2.75) is 39.2 Å². The Labute approximate surface area is 116 Å². The van der Waals surface area contributed by atoms with Crippen LogP contribution in [0.4, 0.5) is 0 Å². The van der Waals surface area contributed by atoms with Gasteiger partial charge in [0.15, 0.2) is 0 Å². The molecule has 0 spiro atoms. The Bertz CT molecular complexity index is 400. The van der Waals surface area contributed by atoms with E-state index in [1.54, 1.807) is 0 Å². The first kappa shape index (κ1) is 14.4. The third-order valence-corrected chi connectivity index (χ3v) is 3.69. The molecule has 1 atom stereocenters. The molecule has 1 aliphatic heterocycles. The zero-order valence-corrected chi connectivity index (χ0v) is 12.1. The minimum absolute atomic E-state index is 0.376. The van der Waals surface area contributed by atoms with E-state index in [0.29, 0.717) is 6.61 Å². The van der Waals surface area contributed by atoms with Crippen LogP contribution in [-0.4, -0.2) is 42.4 Å². The van der Waals surface area contributed by atoms with Crippen molar-refractivity contribution in [3.8, 4) is 5.75 Å². The molecule has 1 aromatic carbocycles. The van der Waals surface area contributed by atoms with E-state index in [0.717, 1.165) is 30.9 Å². The van der Waals surface area contributed by atoms with Crippen molar-refractivity contribution in [3.63, 3.8) is 0 Å². The lowest BCUT2D eigenvalue weighted by Gasteiger charge is -2.28. The van der Waals surface area contributed by atoms with E-state index in [2.05, 4.69) is 24.0 Å². The van der Waals surface area contributed by atoms with Gasteiger partial charge < -0.3 is 14.7 Å². The average molecular weight is 263 g/mol. The van der Waals surface area contributed by atoms with E-state index in [1.807, 2.05) is 13.0 Å². The summed E-state index contributed by atoms with van der Waals surface area (Å²) in [7, 11) is 0. The van der Waals surface area contributed by atoms with Gasteiger partial charge in [-0.2, -0.15) is 0 Å². The Morgan fingerprint density at radius 2 is 1.95 bits per heavy atom. The number of rotatable bonds is 5. The van der Waals surface area contributed by atoms with Crippen LogP contribution in [0.5, 0.6) is 5.75 Å². The van der Waals surface area contributed by atoms with Crippen molar-refractivity contribution >= 4 is 0 Å². The van der Waals surface area contributed by atoms with Crippen LogP contribution >= 0.6 is 0 Å². The number of hydrogen-bond donors (Lipinski definition) is 1. The first-order valence-corrected chi connectivity index (χ1v) is 7.25. The van der Waals surface area contributed by atoms with E-state index < -0.39 is 6.10 Å². The van der Waals surface area contributed by atoms with E-state index in [-0.39, 0.29) is 0 Å². The maximum atomic E-state index is 10.1. The van der Waals surface area contributed by atoms with Crippen molar-refractivity contribution in [1.82, 2.24) is 4.90 Å². The van der Waals surface area contributed by atoms with E-state index in [9.17, 15) is 5.11 Å². The second-order valence-corrected chi connectivity index (χ2v) is 5.60. The van der Waals surface area contributed by atoms with Crippen molar-refractivity contribution < 1.29 is 9.84 Å². The molecule has 1 aliphatic rings. The van der Waals surface area contributed by atoms with Gasteiger partial charge in [-0.05, 0) is 57.0 Å². The van der Waals surface area contributed by atoms with Gasteiger partial charge in [-0.3, -0.25) is 0 Å². The summed E-state index contributed by atoms with van der Waals surface area (Å²) in [6, 6.07) is 6.16. The standard InChI is InChI=1S/C16H25NO2/c1-13-6-7-14(2)16(10-13)19-12-15(18)11-17-8-4-3-5-9-17/h6-7,10,15,18H,3-5,8-9,11-12H2,1-2H3/t15-/m0/s1. The predicted octanol–water partition coefficient (Wildman–Crippen LogP) is 2.53. The van der Waals surface area contributed by atoms with Crippen LogP contribution in [0.15, 0.2) is 18.2 Å².